The topological polar surface area (TPSA) is 64.2 Å². The number of anilines is 1. The number of carbonyl (C=O) groups excluding carboxylic acids is 2. The van der Waals surface area contributed by atoms with E-state index in [-0.39, 0.29) is 18.4 Å². The molecule has 0 radical (unpaired) electrons. The first-order chi connectivity index (χ1) is 13.9. The second-order valence-electron chi connectivity index (χ2n) is 7.10. The number of rotatable bonds is 6. The van der Waals surface area contributed by atoms with E-state index in [0.717, 1.165) is 40.2 Å². The number of amides is 1. The average Bonchev–Trinajstić information content (AvgIpc) is 2.96. The first kappa shape index (κ1) is 20.6. The Bertz CT molecular complexity index is 1080. The third-order valence-corrected chi connectivity index (χ3v) is 5.35. The molecule has 6 nitrogen and oxygen atoms in total. The predicted molar refractivity (Wildman–Crippen MR) is 113 cm³/mol. The summed E-state index contributed by atoms with van der Waals surface area (Å²) in [5.41, 5.74) is 5.32. The van der Waals surface area contributed by atoms with E-state index in [4.69, 9.17) is 4.74 Å². The third-order valence-electron chi connectivity index (χ3n) is 5.35. The molecule has 1 amide bonds. The molecule has 1 aromatic heterocycles. The predicted octanol–water partition coefficient (Wildman–Crippen LogP) is 3.69. The van der Waals surface area contributed by atoms with Gasteiger partial charge in [-0.25, -0.2) is 13.9 Å². The number of hydrogen-bond acceptors (Lipinski definition) is 3. The molecule has 152 valence electrons. The first-order valence-electron chi connectivity index (χ1n) is 9.93. The number of benzene rings is 2. The standard InChI is InChI=1S/C23H27N3O3/c1-6-25-17(5)26(14-22(27)24-19-10-8-9-15(3)16(19)4)21-13-18(11-12-20(21)25)23(28)29-7-2/h8-13H,6-7,14H2,1-5H3/p+1. The molecule has 3 aromatic rings. The maximum atomic E-state index is 12.8. The van der Waals surface area contributed by atoms with E-state index in [2.05, 4.69) is 16.8 Å². The molecule has 1 N–H and O–H groups in total. The van der Waals surface area contributed by atoms with Gasteiger partial charge in [-0.15, -0.1) is 0 Å². The van der Waals surface area contributed by atoms with E-state index in [9.17, 15) is 9.59 Å². The van der Waals surface area contributed by atoms with Gasteiger partial charge in [-0.3, -0.25) is 4.79 Å². The molecule has 29 heavy (non-hydrogen) atoms. The Balaban J connectivity index is 1.97. The Labute approximate surface area is 171 Å². The van der Waals surface area contributed by atoms with Crippen LogP contribution in [0, 0.1) is 20.8 Å². The van der Waals surface area contributed by atoms with E-state index in [1.165, 1.54) is 0 Å². The van der Waals surface area contributed by atoms with E-state index >= 15 is 0 Å². The molecular weight excluding hydrogens is 366 g/mol. The molecule has 3 rings (SSSR count). The van der Waals surface area contributed by atoms with Gasteiger partial charge in [-0.2, -0.15) is 0 Å². The fourth-order valence-electron chi connectivity index (χ4n) is 3.62. The number of fused-ring (bicyclic) bond motifs is 1. The first-order valence-corrected chi connectivity index (χ1v) is 9.93. The molecule has 0 aliphatic heterocycles. The third kappa shape index (κ3) is 4.01. The summed E-state index contributed by atoms with van der Waals surface area (Å²) >= 11 is 0. The number of ether oxygens (including phenoxy) is 1. The number of nitrogens with zero attached hydrogens (tertiary/aromatic N) is 2. The van der Waals surface area contributed by atoms with Crippen molar-refractivity contribution in [1.29, 1.82) is 0 Å². The molecule has 0 aliphatic rings. The van der Waals surface area contributed by atoms with Crippen molar-refractivity contribution >= 4 is 28.6 Å². The second kappa shape index (κ2) is 8.47. The normalized spacial score (nSPS) is 10.9. The van der Waals surface area contributed by atoms with Crippen LogP contribution in [0.15, 0.2) is 36.4 Å². The Morgan fingerprint density at radius 3 is 2.55 bits per heavy atom. The van der Waals surface area contributed by atoms with Gasteiger partial charge in [0.15, 0.2) is 17.6 Å². The Kier molecular flexibility index (Phi) is 6.01. The number of aromatic nitrogens is 2. The minimum atomic E-state index is -0.359. The highest BCUT2D eigenvalue weighted by Gasteiger charge is 2.24. The van der Waals surface area contributed by atoms with Crippen LogP contribution in [0.1, 0.15) is 41.2 Å². The van der Waals surface area contributed by atoms with Crippen LogP contribution < -0.4 is 9.88 Å². The number of aryl methyl sites for hydroxylation is 2. The van der Waals surface area contributed by atoms with Gasteiger partial charge in [0.25, 0.3) is 11.7 Å². The van der Waals surface area contributed by atoms with Crippen LogP contribution in [-0.2, 0) is 22.6 Å². The summed E-state index contributed by atoms with van der Waals surface area (Å²) in [5.74, 6) is 0.491. The molecule has 0 aliphatic carbocycles. The summed E-state index contributed by atoms with van der Waals surface area (Å²) in [6.45, 7) is 11.1. The van der Waals surface area contributed by atoms with Crippen molar-refractivity contribution < 1.29 is 18.9 Å². The van der Waals surface area contributed by atoms with E-state index in [0.29, 0.717) is 12.2 Å². The van der Waals surface area contributed by atoms with Gasteiger partial charge < -0.3 is 10.1 Å². The minimum Gasteiger partial charge on any atom is -0.462 e. The van der Waals surface area contributed by atoms with Crippen molar-refractivity contribution in [1.82, 2.24) is 4.57 Å². The highest BCUT2D eigenvalue weighted by Crippen LogP contribution is 2.20. The van der Waals surface area contributed by atoms with E-state index < -0.39 is 0 Å². The molecule has 2 aromatic carbocycles. The fourth-order valence-corrected chi connectivity index (χ4v) is 3.62. The molecule has 0 fully saturated rings. The molecule has 0 bridgehead atoms. The number of carbonyl (C=O) groups is 2. The summed E-state index contributed by atoms with van der Waals surface area (Å²) in [6.07, 6.45) is 0. The quantitative estimate of drug-likeness (QED) is 0.512. The second-order valence-corrected chi connectivity index (χ2v) is 7.10. The minimum absolute atomic E-state index is 0.108. The average molecular weight is 394 g/mol. The van der Waals surface area contributed by atoms with Gasteiger partial charge in [0.1, 0.15) is 0 Å². The summed E-state index contributed by atoms with van der Waals surface area (Å²) in [4.78, 5) is 25.0. The lowest BCUT2D eigenvalue weighted by molar-refractivity contribution is -0.674. The highest BCUT2D eigenvalue weighted by atomic mass is 16.5. The van der Waals surface area contributed by atoms with Crippen LogP contribution >= 0.6 is 0 Å². The zero-order valence-corrected chi connectivity index (χ0v) is 17.7. The summed E-state index contributed by atoms with van der Waals surface area (Å²) < 4.78 is 9.21. The molecule has 0 unspecified atom stereocenters. The van der Waals surface area contributed by atoms with Crippen molar-refractivity contribution in [3.63, 3.8) is 0 Å². The molecule has 0 spiro atoms. The highest BCUT2D eigenvalue weighted by molar-refractivity contribution is 5.95. The summed E-state index contributed by atoms with van der Waals surface area (Å²) in [6, 6.07) is 11.4. The van der Waals surface area contributed by atoms with Gasteiger partial charge >= 0.3 is 5.97 Å². The monoisotopic (exact) mass is 394 g/mol. The van der Waals surface area contributed by atoms with Crippen molar-refractivity contribution in [3.05, 3.63) is 58.9 Å². The van der Waals surface area contributed by atoms with Crippen molar-refractivity contribution in [3.8, 4) is 0 Å². The lowest BCUT2D eigenvalue weighted by Crippen LogP contribution is -2.35. The maximum Gasteiger partial charge on any atom is 0.338 e. The van der Waals surface area contributed by atoms with Crippen molar-refractivity contribution in [2.75, 3.05) is 11.9 Å². The Hall–Kier alpha value is -3.15. The van der Waals surface area contributed by atoms with Gasteiger partial charge in [0.05, 0.1) is 18.7 Å². The van der Waals surface area contributed by atoms with E-state index in [1.807, 2.05) is 49.6 Å². The molecule has 6 heteroatoms. The molecule has 0 saturated heterocycles. The van der Waals surface area contributed by atoms with Gasteiger partial charge in [-0.1, -0.05) is 12.1 Å². The van der Waals surface area contributed by atoms with Gasteiger partial charge in [0, 0.05) is 18.7 Å². The lowest BCUT2D eigenvalue weighted by atomic mass is 10.1. The van der Waals surface area contributed by atoms with Crippen molar-refractivity contribution in [2.45, 2.75) is 47.7 Å². The largest absolute Gasteiger partial charge is 0.462 e. The van der Waals surface area contributed by atoms with Crippen LogP contribution in [0.3, 0.4) is 0 Å². The fraction of sp³-hybridized carbons (Fsp3) is 0.348. The number of hydrogen-bond donors (Lipinski definition) is 1. The van der Waals surface area contributed by atoms with Gasteiger partial charge in [0.2, 0.25) is 0 Å². The van der Waals surface area contributed by atoms with Crippen LogP contribution in [0.4, 0.5) is 5.69 Å². The molecular formula is C23H28N3O3+. The Morgan fingerprint density at radius 2 is 1.86 bits per heavy atom. The smallest absolute Gasteiger partial charge is 0.338 e. The van der Waals surface area contributed by atoms with Crippen LogP contribution in [0.2, 0.25) is 0 Å². The number of esters is 1. The SMILES string of the molecule is CCOC(=O)c1ccc2c(c1)n(CC(=O)Nc1cccc(C)c1C)c(C)[n+]2CC. The zero-order valence-electron chi connectivity index (χ0n) is 17.7. The van der Waals surface area contributed by atoms with Crippen molar-refractivity contribution in [2.24, 2.45) is 0 Å². The maximum absolute atomic E-state index is 12.8. The van der Waals surface area contributed by atoms with E-state index in [1.54, 1.807) is 19.1 Å². The number of nitrogens with one attached hydrogen (secondary N) is 1. The van der Waals surface area contributed by atoms with Gasteiger partial charge in [-0.05, 0) is 57.0 Å². The van der Waals surface area contributed by atoms with Crippen LogP contribution in [0.5, 0.6) is 0 Å². The molecule has 0 saturated carbocycles. The number of imidazole rings is 1. The summed E-state index contributed by atoms with van der Waals surface area (Å²) in [5, 5.41) is 3.02. The molecule has 0 atom stereocenters. The summed E-state index contributed by atoms with van der Waals surface area (Å²) in [7, 11) is 0. The van der Waals surface area contributed by atoms with Crippen LogP contribution in [-0.4, -0.2) is 23.1 Å². The van der Waals surface area contributed by atoms with Crippen LogP contribution in [0.25, 0.3) is 11.0 Å². The zero-order chi connectivity index (χ0) is 21.1. The molecule has 1 heterocycles. The Morgan fingerprint density at radius 1 is 1.10 bits per heavy atom. The lowest BCUT2D eigenvalue weighted by Gasteiger charge is -2.10.